The van der Waals surface area contributed by atoms with E-state index in [1.54, 1.807) is 0 Å². The average Bonchev–Trinajstić information content (AvgIpc) is 2.72. The number of hydrogen-bond acceptors (Lipinski definition) is 21. The number of nitrogens with zero attached hydrogens (tertiary/aromatic N) is 4. The van der Waals surface area contributed by atoms with Gasteiger partial charge >= 0.3 is 239 Å². The van der Waals surface area contributed by atoms with E-state index in [1.807, 2.05) is 0 Å². The number of hydrogen-bond donors (Lipinski definition) is 0. The van der Waals surface area contributed by atoms with E-state index in [0.29, 0.717) is 0 Å². The molecule has 0 aliphatic carbocycles. The molecule has 0 bridgehead atoms. The maximum Gasteiger partial charge on any atom is 3.00 e. The fourth-order valence-electron chi connectivity index (χ4n) is 3.47. The van der Waals surface area contributed by atoms with E-state index in [1.165, 1.54) is 0 Å². The summed E-state index contributed by atoms with van der Waals surface area (Å²) in [4.78, 5) is 83.6. The van der Waals surface area contributed by atoms with Crippen LogP contribution in [-0.4, -0.2) is 183 Å². The fraction of sp³-hybridized carbons (Fsp3) is 0.600. The van der Waals surface area contributed by atoms with Crippen molar-refractivity contribution in [3.63, 3.8) is 0 Å². The molecule has 37 heteroatoms. The van der Waals surface area contributed by atoms with E-state index >= 15 is 0 Å². The second kappa shape index (κ2) is 49.7. The molecule has 0 aliphatic heterocycles. The van der Waals surface area contributed by atoms with Gasteiger partial charge in [-0.05, 0) is 0 Å². The van der Waals surface area contributed by atoms with Crippen LogP contribution in [0.1, 0.15) is 0 Å². The number of hydroxylamine groups is 12. The van der Waals surface area contributed by atoms with Crippen molar-refractivity contribution in [1.82, 2.24) is 0 Å². The molecule has 1 radical (unpaired) electrons. The third kappa shape index (κ3) is 58.7. The molecule has 0 saturated heterocycles. The SMILES string of the molecule is O.O.O.O.O.O.O=C([O-])C[N+]([O-])(CC[N+]([O-])(CC(=O)[O-])CC(=O)[O-])CC(=O)[O-].O=C([O-])C[N+]([O-])(CC[N+]([O-])(CC(=O)[O-])CC(=O)[O-])CC(=O)[O-].[Co+2].[Co+3].[K+].[K+].[K+].[K+].[OH-]. The summed E-state index contributed by atoms with van der Waals surface area (Å²) in [7, 11) is 0. The largest absolute Gasteiger partial charge is 3.00 e. The van der Waals surface area contributed by atoms with Gasteiger partial charge in [-0.2, -0.15) is 0 Å². The zero-order valence-electron chi connectivity index (χ0n) is 30.6. The Hall–Kier alpha value is 2.72. The van der Waals surface area contributed by atoms with Gasteiger partial charge in [-0.25, -0.2) is 0 Å². The van der Waals surface area contributed by atoms with Crippen LogP contribution in [0, 0.1) is 20.8 Å². The summed E-state index contributed by atoms with van der Waals surface area (Å²) >= 11 is 0. The minimum atomic E-state index is -1.97. The number of aliphatic carboxylic acids is 8. The van der Waals surface area contributed by atoms with Crippen molar-refractivity contribution in [2.75, 3.05) is 78.5 Å². The summed E-state index contributed by atoms with van der Waals surface area (Å²) < 4.78 is -7.86. The molecule has 0 aromatic rings. The van der Waals surface area contributed by atoms with E-state index in [-0.39, 0.29) is 277 Å². The Morgan fingerprint density at radius 1 is 0.298 bits per heavy atom. The number of rotatable bonds is 22. The molecule has 13 N–H and O–H groups in total. The first-order valence-corrected chi connectivity index (χ1v) is 11.6. The van der Waals surface area contributed by atoms with Gasteiger partial charge in [-0.3, -0.25) is 0 Å². The van der Waals surface area contributed by atoms with Crippen LogP contribution in [-0.2, 0) is 71.9 Å². The van der Waals surface area contributed by atoms with Crippen molar-refractivity contribution in [1.29, 1.82) is 0 Å². The van der Waals surface area contributed by atoms with E-state index in [0.717, 1.165) is 0 Å². The summed E-state index contributed by atoms with van der Waals surface area (Å²) in [5.41, 5.74) is 0. The maximum atomic E-state index is 12.0. The van der Waals surface area contributed by atoms with Crippen LogP contribution in [0.3, 0.4) is 0 Å². The Kier molecular flexibility index (Phi) is 89.8. The topological polar surface area (TPSA) is 632 Å². The van der Waals surface area contributed by atoms with Crippen LogP contribution in [0.25, 0.3) is 0 Å². The van der Waals surface area contributed by atoms with Crippen LogP contribution in [0.5, 0.6) is 0 Å². The molecule has 0 aromatic carbocycles. The number of quaternary nitrogens is 4. The first-order valence-electron chi connectivity index (χ1n) is 11.6. The Bertz CT molecular complexity index is 902. The molecule has 0 atom stereocenters. The van der Waals surface area contributed by atoms with E-state index in [4.69, 9.17) is 0 Å². The van der Waals surface area contributed by atoms with Crippen molar-refractivity contribution >= 4 is 47.8 Å². The van der Waals surface area contributed by atoms with Gasteiger partial charge in [0.2, 0.25) is 0 Å². The van der Waals surface area contributed by atoms with E-state index in [9.17, 15) is 100 Å². The van der Waals surface area contributed by atoms with Crippen molar-refractivity contribution in [3.05, 3.63) is 20.8 Å². The van der Waals surface area contributed by atoms with Crippen LogP contribution in [0.4, 0.5) is 0 Å². The molecule has 321 valence electrons. The molecule has 0 rings (SSSR count). The molecule has 0 amide bonds. The van der Waals surface area contributed by atoms with Gasteiger partial charge in [0, 0.05) is 0 Å². The number of carbonyl (C=O) groups excluding carboxylic acids is 8. The van der Waals surface area contributed by atoms with Crippen molar-refractivity contribution in [2.24, 2.45) is 0 Å². The average molecular weight is 1040 g/mol. The number of carbonyl (C=O) groups is 8. The maximum absolute atomic E-state index is 12.0. The standard InChI is InChI=1S/2C10H16N2O10.2Co.4K.7H2O/c2*13-7(14)3-11(21,4-8(15)16)1-2-12(22,5-9(17)18)6-10(19)20;;;;;;;;;;;;;/h2*1-6H2,(H,13,14)(H,15,16)(H,17,18)(H,19,20);;;;;;;7*1H2/q;;+2;+3;4*+1;;;;;;;/p-9. The van der Waals surface area contributed by atoms with Gasteiger partial charge < -0.3 is 157 Å². The molecule has 0 aromatic heterocycles. The number of carboxylic acids is 8. The molecule has 0 saturated carbocycles. The summed E-state index contributed by atoms with van der Waals surface area (Å²) in [6.45, 7) is -14.6. The molecule has 0 heterocycles. The summed E-state index contributed by atoms with van der Waals surface area (Å²) in [6, 6.07) is 0. The van der Waals surface area contributed by atoms with Gasteiger partial charge in [0.1, 0.15) is 78.5 Å². The Morgan fingerprint density at radius 2 is 0.368 bits per heavy atom. The first kappa shape index (κ1) is 103. The van der Waals surface area contributed by atoms with E-state index in [2.05, 4.69) is 0 Å². The van der Waals surface area contributed by atoms with Crippen molar-refractivity contribution < 1.29 is 375 Å². The van der Waals surface area contributed by atoms with Gasteiger partial charge in [0.25, 0.3) is 0 Å². The monoisotopic (exact) mass is 1040 g/mol. The first-order chi connectivity index (χ1) is 19.7. The van der Waals surface area contributed by atoms with Crippen LogP contribution >= 0.6 is 0 Å². The molecule has 0 fully saturated rings. The van der Waals surface area contributed by atoms with Gasteiger partial charge in [-0.1, -0.05) is 0 Å². The Labute approximate surface area is 512 Å². The minimum absolute atomic E-state index is 0. The molecule has 0 aliphatic rings. The normalized spacial score (nSPS) is 9.19. The second-order valence-electron chi connectivity index (χ2n) is 9.37. The predicted molar refractivity (Wildman–Crippen MR) is 137 cm³/mol. The fourth-order valence-corrected chi connectivity index (χ4v) is 3.47. The van der Waals surface area contributed by atoms with Crippen LogP contribution < -0.4 is 246 Å². The van der Waals surface area contributed by atoms with Gasteiger partial charge in [0.05, 0.1) is 47.8 Å². The van der Waals surface area contributed by atoms with Crippen LogP contribution in [0.15, 0.2) is 0 Å². The third-order valence-corrected chi connectivity index (χ3v) is 5.17. The zero-order chi connectivity index (χ0) is 35.1. The van der Waals surface area contributed by atoms with Gasteiger partial charge in [0.15, 0.2) is 0 Å². The molecule has 31 nitrogen and oxygen atoms in total. The molecular weight excluding hydrogens is 1000 g/mol. The predicted octanol–water partition coefficient (Wildman–Crippen LogP) is -31.9. The molecule has 0 unspecified atom stereocenters. The minimum Gasteiger partial charge on any atom is -0.870 e. The zero-order valence-corrected chi connectivity index (χ0v) is 45.1. The van der Waals surface area contributed by atoms with Crippen molar-refractivity contribution in [2.45, 2.75) is 0 Å². The molecule has 57 heavy (non-hydrogen) atoms. The van der Waals surface area contributed by atoms with Crippen LogP contribution in [0.2, 0.25) is 0 Å². The molecular formula is C20H37Co2K4N4O27. The number of carboxylic acid groups (broad SMARTS) is 8. The third-order valence-electron chi connectivity index (χ3n) is 5.17. The summed E-state index contributed by atoms with van der Waals surface area (Å²) in [6.07, 6.45) is 0. The smallest absolute Gasteiger partial charge is 0.870 e. The quantitative estimate of drug-likeness (QED) is 0.0552. The Morgan fingerprint density at radius 3 is 0.421 bits per heavy atom. The second-order valence-corrected chi connectivity index (χ2v) is 9.37. The van der Waals surface area contributed by atoms with Gasteiger partial charge in [-0.15, -0.1) is 0 Å². The van der Waals surface area contributed by atoms with E-state index < -0.39 is 145 Å². The summed E-state index contributed by atoms with van der Waals surface area (Å²) in [5, 5.41) is 131. The summed E-state index contributed by atoms with van der Waals surface area (Å²) in [5.74, 6) is -15.2. The molecule has 0 spiro atoms. The Balaban J connectivity index is -0.0000000388. The van der Waals surface area contributed by atoms with Crippen molar-refractivity contribution in [3.8, 4) is 0 Å².